The highest BCUT2D eigenvalue weighted by Gasteiger charge is 2.09. The SMILES string of the molecule is CCC(C)N(C)c1ccc(C(C)NC)nc1. The van der Waals surface area contributed by atoms with Crippen LogP contribution >= 0.6 is 0 Å². The van der Waals surface area contributed by atoms with Gasteiger partial charge in [0.2, 0.25) is 0 Å². The van der Waals surface area contributed by atoms with Crippen molar-refractivity contribution in [1.82, 2.24) is 10.3 Å². The molecule has 2 unspecified atom stereocenters. The first-order valence-corrected chi connectivity index (χ1v) is 5.96. The zero-order valence-electron chi connectivity index (χ0n) is 11.0. The molecule has 0 amide bonds. The first-order valence-electron chi connectivity index (χ1n) is 5.96. The third-order valence-electron chi connectivity index (χ3n) is 3.31. The molecule has 0 fully saturated rings. The molecule has 0 aliphatic heterocycles. The van der Waals surface area contributed by atoms with Gasteiger partial charge in [-0.2, -0.15) is 0 Å². The first-order chi connectivity index (χ1) is 7.60. The maximum absolute atomic E-state index is 4.48. The summed E-state index contributed by atoms with van der Waals surface area (Å²) < 4.78 is 0. The molecule has 0 radical (unpaired) electrons. The number of nitrogens with one attached hydrogen (secondary N) is 1. The van der Waals surface area contributed by atoms with Gasteiger partial charge in [-0.05, 0) is 39.4 Å². The van der Waals surface area contributed by atoms with Crippen molar-refractivity contribution in [2.24, 2.45) is 0 Å². The van der Waals surface area contributed by atoms with Gasteiger partial charge in [-0.15, -0.1) is 0 Å². The Morgan fingerprint density at radius 1 is 1.38 bits per heavy atom. The zero-order valence-corrected chi connectivity index (χ0v) is 11.0. The van der Waals surface area contributed by atoms with Gasteiger partial charge in [0, 0.05) is 19.1 Å². The van der Waals surface area contributed by atoms with Crippen LogP contribution < -0.4 is 10.2 Å². The summed E-state index contributed by atoms with van der Waals surface area (Å²) in [6.07, 6.45) is 3.10. The highest BCUT2D eigenvalue weighted by atomic mass is 15.1. The molecule has 16 heavy (non-hydrogen) atoms. The van der Waals surface area contributed by atoms with Crippen LogP contribution in [-0.2, 0) is 0 Å². The lowest BCUT2D eigenvalue weighted by Gasteiger charge is -2.26. The second-order valence-corrected chi connectivity index (χ2v) is 4.32. The molecule has 1 heterocycles. The molecule has 0 aliphatic carbocycles. The number of hydrogen-bond acceptors (Lipinski definition) is 3. The Morgan fingerprint density at radius 2 is 2.06 bits per heavy atom. The van der Waals surface area contributed by atoms with Crippen molar-refractivity contribution in [1.29, 1.82) is 0 Å². The molecular weight excluding hydrogens is 198 g/mol. The Hall–Kier alpha value is -1.09. The standard InChI is InChI=1S/C13H23N3/c1-6-10(2)16(5)12-7-8-13(15-9-12)11(3)14-4/h7-11,14H,6H2,1-5H3. The Morgan fingerprint density at radius 3 is 2.50 bits per heavy atom. The van der Waals surface area contributed by atoms with Gasteiger partial charge in [0.25, 0.3) is 0 Å². The quantitative estimate of drug-likeness (QED) is 0.828. The van der Waals surface area contributed by atoms with Crippen molar-refractivity contribution in [3.8, 4) is 0 Å². The minimum Gasteiger partial charge on any atom is -0.371 e. The molecule has 0 bridgehead atoms. The van der Waals surface area contributed by atoms with E-state index in [-0.39, 0.29) is 0 Å². The number of hydrogen-bond donors (Lipinski definition) is 1. The third-order valence-corrected chi connectivity index (χ3v) is 3.31. The molecule has 1 aromatic heterocycles. The first kappa shape index (κ1) is 13.0. The summed E-state index contributed by atoms with van der Waals surface area (Å²) in [6.45, 7) is 6.54. The molecule has 1 N–H and O–H groups in total. The molecule has 1 rings (SSSR count). The molecule has 1 aromatic rings. The lowest BCUT2D eigenvalue weighted by atomic mass is 10.2. The molecular formula is C13H23N3. The van der Waals surface area contributed by atoms with Crippen LogP contribution in [0.15, 0.2) is 18.3 Å². The van der Waals surface area contributed by atoms with Gasteiger partial charge in [-0.3, -0.25) is 4.98 Å². The lowest BCUT2D eigenvalue weighted by Crippen LogP contribution is -2.28. The van der Waals surface area contributed by atoms with E-state index in [9.17, 15) is 0 Å². The fraction of sp³-hybridized carbons (Fsp3) is 0.615. The van der Waals surface area contributed by atoms with Crippen LogP contribution in [0.4, 0.5) is 5.69 Å². The highest BCUT2D eigenvalue weighted by Crippen LogP contribution is 2.17. The summed E-state index contributed by atoms with van der Waals surface area (Å²) in [4.78, 5) is 6.75. The topological polar surface area (TPSA) is 28.2 Å². The summed E-state index contributed by atoms with van der Waals surface area (Å²) in [5, 5.41) is 3.19. The normalized spacial score (nSPS) is 14.6. The van der Waals surface area contributed by atoms with Crippen molar-refractivity contribution in [2.45, 2.75) is 39.3 Å². The van der Waals surface area contributed by atoms with Gasteiger partial charge < -0.3 is 10.2 Å². The van der Waals surface area contributed by atoms with Gasteiger partial charge in [0.1, 0.15) is 0 Å². The molecule has 2 atom stereocenters. The van der Waals surface area contributed by atoms with E-state index in [2.05, 4.69) is 55.2 Å². The van der Waals surface area contributed by atoms with Crippen LogP contribution in [0.2, 0.25) is 0 Å². The highest BCUT2D eigenvalue weighted by molar-refractivity contribution is 5.44. The van der Waals surface area contributed by atoms with E-state index in [1.54, 1.807) is 0 Å². The average molecular weight is 221 g/mol. The largest absolute Gasteiger partial charge is 0.371 e. The predicted octanol–water partition coefficient (Wildman–Crippen LogP) is 2.60. The van der Waals surface area contributed by atoms with Crippen LogP contribution in [-0.4, -0.2) is 25.1 Å². The Labute approximate surface area is 98.9 Å². The molecule has 3 heteroatoms. The Bertz CT molecular complexity index is 307. The Kier molecular flexibility index (Phi) is 4.74. The number of aromatic nitrogens is 1. The van der Waals surface area contributed by atoms with Crippen molar-refractivity contribution >= 4 is 5.69 Å². The molecule has 90 valence electrons. The van der Waals surface area contributed by atoms with E-state index in [1.807, 2.05) is 13.2 Å². The van der Waals surface area contributed by atoms with E-state index in [0.29, 0.717) is 12.1 Å². The van der Waals surface area contributed by atoms with Gasteiger partial charge in [0.05, 0.1) is 17.6 Å². The van der Waals surface area contributed by atoms with Crippen molar-refractivity contribution in [2.75, 3.05) is 19.0 Å². The van der Waals surface area contributed by atoms with Crippen molar-refractivity contribution in [3.05, 3.63) is 24.0 Å². The second kappa shape index (κ2) is 5.85. The smallest absolute Gasteiger partial charge is 0.0571 e. The van der Waals surface area contributed by atoms with Gasteiger partial charge in [-0.25, -0.2) is 0 Å². The maximum atomic E-state index is 4.48. The molecule has 0 aliphatic rings. The fourth-order valence-electron chi connectivity index (χ4n) is 1.54. The van der Waals surface area contributed by atoms with Crippen LogP contribution in [0.25, 0.3) is 0 Å². The minimum absolute atomic E-state index is 0.308. The Balaban J connectivity index is 2.78. The maximum Gasteiger partial charge on any atom is 0.0571 e. The van der Waals surface area contributed by atoms with Gasteiger partial charge in [0.15, 0.2) is 0 Å². The van der Waals surface area contributed by atoms with Gasteiger partial charge in [-0.1, -0.05) is 6.92 Å². The third kappa shape index (κ3) is 2.95. The number of anilines is 1. The summed E-state index contributed by atoms with van der Waals surface area (Å²) in [5.74, 6) is 0. The zero-order chi connectivity index (χ0) is 12.1. The monoisotopic (exact) mass is 221 g/mol. The molecule has 3 nitrogen and oxygen atoms in total. The van der Waals surface area contributed by atoms with Gasteiger partial charge >= 0.3 is 0 Å². The van der Waals surface area contributed by atoms with Crippen molar-refractivity contribution in [3.63, 3.8) is 0 Å². The second-order valence-electron chi connectivity index (χ2n) is 4.32. The summed E-state index contributed by atoms with van der Waals surface area (Å²) in [5.41, 5.74) is 2.27. The van der Waals surface area contributed by atoms with Crippen molar-refractivity contribution < 1.29 is 0 Å². The number of pyridine rings is 1. The molecule has 0 saturated heterocycles. The molecule has 0 saturated carbocycles. The minimum atomic E-state index is 0.308. The van der Waals surface area contributed by atoms with Crippen LogP contribution in [0.5, 0.6) is 0 Å². The van der Waals surface area contributed by atoms with E-state index >= 15 is 0 Å². The number of rotatable bonds is 5. The van der Waals surface area contributed by atoms with E-state index in [0.717, 1.165) is 12.1 Å². The average Bonchev–Trinajstić information content (AvgIpc) is 2.36. The van der Waals surface area contributed by atoms with Crippen LogP contribution in [0.1, 0.15) is 38.9 Å². The van der Waals surface area contributed by atoms with E-state index in [4.69, 9.17) is 0 Å². The molecule has 0 spiro atoms. The predicted molar refractivity (Wildman–Crippen MR) is 69.9 cm³/mol. The fourth-order valence-corrected chi connectivity index (χ4v) is 1.54. The van der Waals surface area contributed by atoms with E-state index in [1.165, 1.54) is 5.69 Å². The van der Waals surface area contributed by atoms with Crippen LogP contribution in [0.3, 0.4) is 0 Å². The summed E-state index contributed by atoms with van der Waals surface area (Å²) in [7, 11) is 4.07. The summed E-state index contributed by atoms with van der Waals surface area (Å²) >= 11 is 0. The van der Waals surface area contributed by atoms with Crippen LogP contribution in [0, 0.1) is 0 Å². The number of nitrogens with zero attached hydrogens (tertiary/aromatic N) is 2. The summed E-state index contributed by atoms with van der Waals surface area (Å²) in [6, 6.07) is 5.09. The molecule has 0 aromatic carbocycles. The lowest BCUT2D eigenvalue weighted by molar-refractivity contribution is 0.630. The van der Waals surface area contributed by atoms with E-state index < -0.39 is 0 Å².